The Bertz CT molecular complexity index is 658. The fourth-order valence-corrected chi connectivity index (χ4v) is 1.81. The van der Waals surface area contributed by atoms with Crippen molar-refractivity contribution < 1.29 is 13.6 Å². The molecule has 0 saturated carbocycles. The van der Waals surface area contributed by atoms with Gasteiger partial charge in [-0.2, -0.15) is 0 Å². The summed E-state index contributed by atoms with van der Waals surface area (Å²) in [5, 5.41) is 5.49. The zero-order chi connectivity index (χ0) is 15.4. The van der Waals surface area contributed by atoms with E-state index in [9.17, 15) is 13.6 Å². The summed E-state index contributed by atoms with van der Waals surface area (Å²) in [5.74, 6) is -1.09. The van der Waals surface area contributed by atoms with Gasteiger partial charge in [-0.1, -0.05) is 12.1 Å². The molecule has 1 amide bonds. The molecule has 0 aliphatic rings. The number of nitrogens with one attached hydrogen (secondary N) is 2. The number of aryl methyl sites for hydroxylation is 1. The standard InChI is InChI=1S/C16H16F2N2O/c1-10-6-7-14(9-15(10)18)19-11(2)16(21)20-13-5-3-4-12(17)8-13/h3-9,11,19H,1-2H3,(H,20,21). The van der Waals surface area contributed by atoms with E-state index in [0.717, 1.165) is 0 Å². The van der Waals surface area contributed by atoms with E-state index in [-0.39, 0.29) is 11.7 Å². The number of carbonyl (C=O) groups excluding carboxylic acids is 1. The summed E-state index contributed by atoms with van der Waals surface area (Å²) in [5.41, 5.74) is 1.43. The van der Waals surface area contributed by atoms with Crippen molar-refractivity contribution >= 4 is 17.3 Å². The zero-order valence-corrected chi connectivity index (χ0v) is 11.8. The third-order valence-corrected chi connectivity index (χ3v) is 3.04. The number of rotatable bonds is 4. The Hall–Kier alpha value is -2.43. The van der Waals surface area contributed by atoms with Crippen LogP contribution in [0.25, 0.3) is 0 Å². The predicted molar refractivity (Wildman–Crippen MR) is 79.3 cm³/mol. The summed E-state index contributed by atoms with van der Waals surface area (Å²) in [6.07, 6.45) is 0. The van der Waals surface area contributed by atoms with Crippen LogP contribution in [0.4, 0.5) is 20.2 Å². The molecule has 2 aromatic rings. The molecule has 0 spiro atoms. The largest absolute Gasteiger partial charge is 0.374 e. The van der Waals surface area contributed by atoms with Gasteiger partial charge in [0.2, 0.25) is 5.91 Å². The minimum absolute atomic E-state index is 0.332. The molecule has 3 nitrogen and oxygen atoms in total. The van der Waals surface area contributed by atoms with Gasteiger partial charge in [0.05, 0.1) is 0 Å². The predicted octanol–water partition coefficient (Wildman–Crippen LogP) is 3.71. The van der Waals surface area contributed by atoms with Crippen LogP contribution in [-0.4, -0.2) is 11.9 Å². The Balaban J connectivity index is 2.00. The van der Waals surface area contributed by atoms with E-state index in [1.807, 2.05) is 0 Å². The highest BCUT2D eigenvalue weighted by Gasteiger charge is 2.13. The fourth-order valence-electron chi connectivity index (χ4n) is 1.81. The maximum atomic E-state index is 13.4. The molecule has 0 aliphatic heterocycles. The van der Waals surface area contributed by atoms with Gasteiger partial charge in [-0.05, 0) is 49.7 Å². The number of benzene rings is 2. The van der Waals surface area contributed by atoms with E-state index >= 15 is 0 Å². The SMILES string of the molecule is Cc1ccc(NC(C)C(=O)Nc2cccc(F)c2)cc1F. The van der Waals surface area contributed by atoms with E-state index < -0.39 is 11.9 Å². The van der Waals surface area contributed by atoms with Crippen LogP contribution in [0.5, 0.6) is 0 Å². The second-order valence-electron chi connectivity index (χ2n) is 4.83. The van der Waals surface area contributed by atoms with E-state index in [2.05, 4.69) is 10.6 Å². The van der Waals surface area contributed by atoms with Crippen LogP contribution in [0.2, 0.25) is 0 Å². The van der Waals surface area contributed by atoms with Gasteiger partial charge >= 0.3 is 0 Å². The Morgan fingerprint density at radius 1 is 1.10 bits per heavy atom. The van der Waals surface area contributed by atoms with Crippen molar-refractivity contribution in [2.45, 2.75) is 19.9 Å². The summed E-state index contributed by atoms with van der Waals surface area (Å²) < 4.78 is 26.5. The number of anilines is 2. The Morgan fingerprint density at radius 2 is 1.86 bits per heavy atom. The third-order valence-electron chi connectivity index (χ3n) is 3.04. The zero-order valence-electron chi connectivity index (χ0n) is 11.8. The van der Waals surface area contributed by atoms with E-state index in [1.54, 1.807) is 32.0 Å². The van der Waals surface area contributed by atoms with E-state index in [0.29, 0.717) is 16.9 Å². The van der Waals surface area contributed by atoms with Crippen LogP contribution in [0.15, 0.2) is 42.5 Å². The number of hydrogen-bond acceptors (Lipinski definition) is 2. The van der Waals surface area contributed by atoms with Gasteiger partial charge in [-0.15, -0.1) is 0 Å². The molecule has 1 unspecified atom stereocenters. The van der Waals surface area contributed by atoms with Gasteiger partial charge in [0.25, 0.3) is 0 Å². The van der Waals surface area contributed by atoms with Gasteiger partial charge in [-0.3, -0.25) is 4.79 Å². The van der Waals surface area contributed by atoms with Gasteiger partial charge in [-0.25, -0.2) is 8.78 Å². The minimum Gasteiger partial charge on any atom is -0.374 e. The molecule has 5 heteroatoms. The summed E-state index contributed by atoms with van der Waals surface area (Å²) in [4.78, 5) is 12.0. The van der Waals surface area contributed by atoms with E-state index in [1.165, 1.54) is 24.3 Å². The first-order valence-electron chi connectivity index (χ1n) is 6.55. The molecule has 1 atom stereocenters. The molecular formula is C16H16F2N2O. The lowest BCUT2D eigenvalue weighted by molar-refractivity contribution is -0.116. The number of amides is 1. The number of halogens is 2. The number of hydrogen-bond donors (Lipinski definition) is 2. The summed E-state index contributed by atoms with van der Waals surface area (Å²) in [6.45, 7) is 3.31. The summed E-state index contributed by atoms with van der Waals surface area (Å²) in [7, 11) is 0. The molecule has 0 saturated heterocycles. The molecule has 2 rings (SSSR count). The first kappa shape index (κ1) is 15.0. The lowest BCUT2D eigenvalue weighted by Crippen LogP contribution is -2.31. The highest BCUT2D eigenvalue weighted by atomic mass is 19.1. The molecule has 0 bridgehead atoms. The highest BCUT2D eigenvalue weighted by Crippen LogP contribution is 2.15. The Kier molecular flexibility index (Phi) is 4.52. The van der Waals surface area contributed by atoms with Crippen LogP contribution in [-0.2, 0) is 4.79 Å². The van der Waals surface area contributed by atoms with Crippen molar-refractivity contribution in [2.24, 2.45) is 0 Å². The van der Waals surface area contributed by atoms with Crippen molar-refractivity contribution in [3.8, 4) is 0 Å². The van der Waals surface area contributed by atoms with Gasteiger partial charge in [0.1, 0.15) is 17.7 Å². The van der Waals surface area contributed by atoms with Crippen molar-refractivity contribution in [2.75, 3.05) is 10.6 Å². The Labute approximate surface area is 122 Å². The highest BCUT2D eigenvalue weighted by molar-refractivity contribution is 5.96. The first-order chi connectivity index (χ1) is 9.95. The second kappa shape index (κ2) is 6.35. The minimum atomic E-state index is -0.588. The molecule has 2 aromatic carbocycles. The van der Waals surface area contributed by atoms with Crippen LogP contribution in [0.1, 0.15) is 12.5 Å². The van der Waals surface area contributed by atoms with Crippen molar-refractivity contribution in [1.29, 1.82) is 0 Å². The second-order valence-corrected chi connectivity index (χ2v) is 4.83. The average molecular weight is 290 g/mol. The maximum absolute atomic E-state index is 13.4. The topological polar surface area (TPSA) is 41.1 Å². The van der Waals surface area contributed by atoms with Gasteiger partial charge < -0.3 is 10.6 Å². The molecule has 21 heavy (non-hydrogen) atoms. The molecule has 0 heterocycles. The van der Waals surface area contributed by atoms with Gasteiger partial charge in [0.15, 0.2) is 0 Å². The summed E-state index contributed by atoms with van der Waals surface area (Å²) >= 11 is 0. The average Bonchev–Trinajstić information content (AvgIpc) is 2.43. The van der Waals surface area contributed by atoms with Crippen LogP contribution in [0.3, 0.4) is 0 Å². The lowest BCUT2D eigenvalue weighted by atomic mass is 10.2. The first-order valence-corrected chi connectivity index (χ1v) is 6.55. The smallest absolute Gasteiger partial charge is 0.246 e. The molecular weight excluding hydrogens is 274 g/mol. The third kappa shape index (κ3) is 4.02. The molecule has 110 valence electrons. The monoisotopic (exact) mass is 290 g/mol. The van der Waals surface area contributed by atoms with Gasteiger partial charge in [0, 0.05) is 11.4 Å². The fraction of sp³-hybridized carbons (Fsp3) is 0.188. The quantitative estimate of drug-likeness (QED) is 0.901. The lowest BCUT2D eigenvalue weighted by Gasteiger charge is -2.15. The normalized spacial score (nSPS) is 11.8. The summed E-state index contributed by atoms with van der Waals surface area (Å²) in [6, 6.07) is 9.72. The molecule has 0 aliphatic carbocycles. The van der Waals surface area contributed by atoms with Crippen LogP contribution >= 0.6 is 0 Å². The molecule has 0 fully saturated rings. The van der Waals surface area contributed by atoms with Crippen LogP contribution < -0.4 is 10.6 Å². The van der Waals surface area contributed by atoms with Crippen molar-refractivity contribution in [3.05, 3.63) is 59.7 Å². The molecule has 0 aromatic heterocycles. The maximum Gasteiger partial charge on any atom is 0.246 e. The van der Waals surface area contributed by atoms with Crippen molar-refractivity contribution in [3.63, 3.8) is 0 Å². The molecule has 0 radical (unpaired) electrons. The molecule has 2 N–H and O–H groups in total. The Morgan fingerprint density at radius 3 is 2.52 bits per heavy atom. The number of carbonyl (C=O) groups is 1. The van der Waals surface area contributed by atoms with Crippen molar-refractivity contribution in [1.82, 2.24) is 0 Å². The van der Waals surface area contributed by atoms with E-state index in [4.69, 9.17) is 0 Å². The van der Waals surface area contributed by atoms with Crippen LogP contribution in [0, 0.1) is 18.6 Å².